The molecule has 0 bridgehead atoms. The van der Waals surface area contributed by atoms with Crippen molar-refractivity contribution in [1.29, 1.82) is 5.26 Å². The Kier molecular flexibility index (Phi) is 5.53. The van der Waals surface area contributed by atoms with E-state index in [2.05, 4.69) is 5.32 Å². The predicted octanol–water partition coefficient (Wildman–Crippen LogP) is 2.88. The Morgan fingerprint density at radius 1 is 1.28 bits per heavy atom. The molecule has 0 aliphatic rings. The van der Waals surface area contributed by atoms with Crippen LogP contribution in [0.15, 0.2) is 42.5 Å². The Labute approximate surface area is 143 Å². The van der Waals surface area contributed by atoms with Crippen LogP contribution in [0.4, 0.5) is 11.4 Å². The third-order valence-corrected chi connectivity index (χ3v) is 3.30. The number of nitro benzene ring substituents is 1. The highest BCUT2D eigenvalue weighted by Crippen LogP contribution is 2.29. The van der Waals surface area contributed by atoms with Crippen LogP contribution in [0.5, 0.6) is 11.5 Å². The number of hydrogen-bond acceptors (Lipinski definition) is 6. The molecular formula is C17H15N3O5. The summed E-state index contributed by atoms with van der Waals surface area (Å²) in [5.41, 5.74) is 0.152. The second kappa shape index (κ2) is 7.79. The number of nitro groups is 1. The van der Waals surface area contributed by atoms with Gasteiger partial charge in [-0.3, -0.25) is 14.9 Å². The van der Waals surface area contributed by atoms with Gasteiger partial charge in [0.15, 0.2) is 6.10 Å². The van der Waals surface area contributed by atoms with Crippen LogP contribution in [-0.2, 0) is 4.79 Å². The standard InChI is InChI=1S/C17H15N3O5/c1-11(25-14-5-3-4-12(8-14)10-18)17(21)19-15-7-6-13(24-2)9-16(15)20(22)23/h3-9,11H,1-2H3,(H,19,21)/t11-/m1/s1. The van der Waals surface area contributed by atoms with Crippen molar-refractivity contribution in [1.82, 2.24) is 0 Å². The average Bonchev–Trinajstić information content (AvgIpc) is 2.61. The molecule has 2 rings (SSSR count). The number of methoxy groups -OCH3 is 1. The van der Waals surface area contributed by atoms with Crippen molar-refractivity contribution in [3.63, 3.8) is 0 Å². The molecule has 0 saturated heterocycles. The molecule has 0 radical (unpaired) electrons. The Bertz CT molecular complexity index is 844. The van der Waals surface area contributed by atoms with Gasteiger partial charge >= 0.3 is 0 Å². The van der Waals surface area contributed by atoms with E-state index in [1.807, 2.05) is 6.07 Å². The van der Waals surface area contributed by atoms with Gasteiger partial charge in [-0.15, -0.1) is 0 Å². The molecule has 2 aromatic rings. The number of nitrogens with zero attached hydrogens (tertiary/aromatic N) is 2. The summed E-state index contributed by atoms with van der Waals surface area (Å²) in [5.74, 6) is 0.101. The molecule has 1 atom stereocenters. The van der Waals surface area contributed by atoms with Crippen molar-refractivity contribution >= 4 is 17.3 Å². The Morgan fingerprint density at radius 2 is 2.04 bits per heavy atom. The van der Waals surface area contributed by atoms with E-state index in [4.69, 9.17) is 14.7 Å². The van der Waals surface area contributed by atoms with Gasteiger partial charge in [-0.1, -0.05) is 6.07 Å². The largest absolute Gasteiger partial charge is 0.496 e. The van der Waals surface area contributed by atoms with Crippen LogP contribution in [0.3, 0.4) is 0 Å². The topological polar surface area (TPSA) is 114 Å². The number of carbonyl (C=O) groups excluding carboxylic acids is 1. The highest BCUT2D eigenvalue weighted by molar-refractivity contribution is 5.96. The molecule has 0 unspecified atom stereocenters. The van der Waals surface area contributed by atoms with Gasteiger partial charge in [0.1, 0.15) is 17.2 Å². The van der Waals surface area contributed by atoms with Crippen LogP contribution in [0.25, 0.3) is 0 Å². The molecule has 8 nitrogen and oxygen atoms in total. The van der Waals surface area contributed by atoms with Crippen molar-refractivity contribution in [2.24, 2.45) is 0 Å². The lowest BCUT2D eigenvalue weighted by Gasteiger charge is -2.15. The summed E-state index contributed by atoms with van der Waals surface area (Å²) in [6, 6.07) is 12.4. The van der Waals surface area contributed by atoms with Gasteiger partial charge in [0, 0.05) is 0 Å². The van der Waals surface area contributed by atoms with E-state index in [-0.39, 0.29) is 11.4 Å². The number of nitriles is 1. The summed E-state index contributed by atoms with van der Waals surface area (Å²) in [5, 5.41) is 22.5. The van der Waals surface area contributed by atoms with Crippen molar-refractivity contribution in [2.45, 2.75) is 13.0 Å². The summed E-state index contributed by atoms with van der Waals surface area (Å²) in [6.07, 6.45) is -0.921. The third-order valence-electron chi connectivity index (χ3n) is 3.30. The van der Waals surface area contributed by atoms with Gasteiger partial charge in [0.25, 0.3) is 11.6 Å². The monoisotopic (exact) mass is 341 g/mol. The second-order valence-electron chi connectivity index (χ2n) is 5.03. The van der Waals surface area contributed by atoms with E-state index in [9.17, 15) is 14.9 Å². The van der Waals surface area contributed by atoms with E-state index in [1.54, 1.807) is 18.2 Å². The van der Waals surface area contributed by atoms with Gasteiger partial charge in [0.2, 0.25) is 0 Å². The maximum Gasteiger partial charge on any atom is 0.296 e. The van der Waals surface area contributed by atoms with Gasteiger partial charge < -0.3 is 14.8 Å². The Morgan fingerprint density at radius 3 is 2.68 bits per heavy atom. The van der Waals surface area contributed by atoms with Crippen molar-refractivity contribution in [2.75, 3.05) is 12.4 Å². The summed E-state index contributed by atoms with van der Waals surface area (Å²) >= 11 is 0. The molecule has 0 aromatic heterocycles. The molecule has 0 aliphatic heterocycles. The Balaban J connectivity index is 2.13. The zero-order valence-corrected chi connectivity index (χ0v) is 13.6. The molecule has 128 valence electrons. The van der Waals surface area contributed by atoms with E-state index >= 15 is 0 Å². The van der Waals surface area contributed by atoms with E-state index < -0.39 is 16.9 Å². The average molecular weight is 341 g/mol. The van der Waals surface area contributed by atoms with Crippen LogP contribution >= 0.6 is 0 Å². The molecule has 1 amide bonds. The maximum atomic E-state index is 12.2. The number of nitrogens with one attached hydrogen (secondary N) is 1. The van der Waals surface area contributed by atoms with Crippen molar-refractivity contribution in [3.05, 3.63) is 58.1 Å². The van der Waals surface area contributed by atoms with Crippen LogP contribution in [0.1, 0.15) is 12.5 Å². The summed E-state index contributed by atoms with van der Waals surface area (Å²) < 4.78 is 10.4. The number of ether oxygens (including phenoxy) is 2. The minimum absolute atomic E-state index is 0.0389. The lowest BCUT2D eigenvalue weighted by molar-refractivity contribution is -0.384. The van der Waals surface area contributed by atoms with E-state index in [0.29, 0.717) is 17.1 Å². The van der Waals surface area contributed by atoms with Crippen LogP contribution in [-0.4, -0.2) is 24.0 Å². The fourth-order valence-corrected chi connectivity index (χ4v) is 2.03. The minimum atomic E-state index is -0.921. The fraction of sp³-hybridized carbons (Fsp3) is 0.176. The lowest BCUT2D eigenvalue weighted by Crippen LogP contribution is -2.30. The molecule has 2 aromatic carbocycles. The molecule has 0 saturated carbocycles. The van der Waals surface area contributed by atoms with Gasteiger partial charge in [-0.25, -0.2) is 0 Å². The first-order valence-electron chi connectivity index (χ1n) is 7.24. The zero-order valence-electron chi connectivity index (χ0n) is 13.6. The number of hydrogen-bond donors (Lipinski definition) is 1. The van der Waals surface area contributed by atoms with Gasteiger partial charge in [0.05, 0.1) is 29.7 Å². The predicted molar refractivity (Wildman–Crippen MR) is 89.5 cm³/mol. The number of carbonyl (C=O) groups is 1. The number of rotatable bonds is 6. The SMILES string of the molecule is COc1ccc(NC(=O)[C@@H](C)Oc2cccc(C#N)c2)c([N+](=O)[O-])c1. The number of anilines is 1. The first-order valence-corrected chi connectivity index (χ1v) is 7.24. The number of benzene rings is 2. The molecule has 0 aliphatic carbocycles. The molecule has 8 heteroatoms. The molecular weight excluding hydrogens is 326 g/mol. The van der Waals surface area contributed by atoms with Crippen molar-refractivity contribution < 1.29 is 19.2 Å². The highest BCUT2D eigenvalue weighted by atomic mass is 16.6. The van der Waals surface area contributed by atoms with Crippen LogP contribution in [0, 0.1) is 21.4 Å². The van der Waals surface area contributed by atoms with Crippen LogP contribution in [0.2, 0.25) is 0 Å². The van der Waals surface area contributed by atoms with E-state index in [0.717, 1.165) is 0 Å². The zero-order chi connectivity index (χ0) is 18.4. The molecule has 25 heavy (non-hydrogen) atoms. The van der Waals surface area contributed by atoms with Gasteiger partial charge in [-0.2, -0.15) is 5.26 Å². The summed E-state index contributed by atoms with van der Waals surface area (Å²) in [4.78, 5) is 22.8. The van der Waals surface area contributed by atoms with Gasteiger partial charge in [-0.05, 0) is 37.3 Å². The third kappa shape index (κ3) is 4.45. The first-order chi connectivity index (χ1) is 11.9. The quantitative estimate of drug-likeness (QED) is 0.638. The highest BCUT2D eigenvalue weighted by Gasteiger charge is 2.21. The minimum Gasteiger partial charge on any atom is -0.496 e. The molecule has 0 spiro atoms. The van der Waals surface area contributed by atoms with Crippen LogP contribution < -0.4 is 14.8 Å². The second-order valence-corrected chi connectivity index (χ2v) is 5.03. The first kappa shape index (κ1) is 17.7. The maximum absolute atomic E-state index is 12.2. The molecule has 1 N–H and O–H groups in total. The fourth-order valence-electron chi connectivity index (χ4n) is 2.03. The molecule has 0 fully saturated rings. The smallest absolute Gasteiger partial charge is 0.296 e. The summed E-state index contributed by atoms with van der Waals surface area (Å²) in [7, 11) is 1.39. The van der Waals surface area contributed by atoms with E-state index in [1.165, 1.54) is 38.3 Å². The normalized spacial score (nSPS) is 11.1. The van der Waals surface area contributed by atoms with Crippen molar-refractivity contribution in [3.8, 4) is 17.6 Å². The Hall–Kier alpha value is -3.60. The summed E-state index contributed by atoms with van der Waals surface area (Å²) in [6.45, 7) is 1.50. The number of amides is 1. The molecule has 0 heterocycles. The lowest BCUT2D eigenvalue weighted by atomic mass is 10.2.